The molecule has 1 N–H and O–H groups in total. The first-order valence-electron chi connectivity index (χ1n) is 11.3. The van der Waals surface area contributed by atoms with Gasteiger partial charge in [0.15, 0.2) is 0 Å². The highest BCUT2D eigenvalue weighted by molar-refractivity contribution is 7.18. The second kappa shape index (κ2) is 8.12. The van der Waals surface area contributed by atoms with Gasteiger partial charge in [-0.05, 0) is 54.7 Å². The summed E-state index contributed by atoms with van der Waals surface area (Å²) in [5.74, 6) is 0. The van der Waals surface area contributed by atoms with E-state index in [0.29, 0.717) is 12.6 Å². The molecular formula is C27H24N4OS. The Hall–Kier alpha value is -3.51. The van der Waals surface area contributed by atoms with Crippen molar-refractivity contribution in [1.29, 1.82) is 0 Å². The molecule has 0 radical (unpaired) electrons. The van der Waals surface area contributed by atoms with Crippen molar-refractivity contribution in [3.05, 3.63) is 99.0 Å². The monoisotopic (exact) mass is 452 g/mol. The smallest absolute Gasteiger partial charge is 0.262 e. The van der Waals surface area contributed by atoms with E-state index < -0.39 is 0 Å². The van der Waals surface area contributed by atoms with Crippen molar-refractivity contribution in [3.63, 3.8) is 0 Å². The maximum absolute atomic E-state index is 13.5. The van der Waals surface area contributed by atoms with Gasteiger partial charge in [-0.15, -0.1) is 11.3 Å². The zero-order valence-corrected chi connectivity index (χ0v) is 19.2. The van der Waals surface area contributed by atoms with Crippen molar-refractivity contribution in [2.75, 3.05) is 5.32 Å². The Bertz CT molecular complexity index is 1550. The number of nitrogens with one attached hydrogen (secondary N) is 1. The van der Waals surface area contributed by atoms with Crippen LogP contribution in [0.4, 0.5) is 5.69 Å². The molecule has 1 aliphatic carbocycles. The zero-order chi connectivity index (χ0) is 22.4. The molecule has 3 aromatic heterocycles. The molecule has 1 aliphatic rings. The quantitative estimate of drug-likeness (QED) is 0.400. The van der Waals surface area contributed by atoms with Crippen LogP contribution in [0.1, 0.15) is 28.0 Å². The van der Waals surface area contributed by atoms with E-state index in [0.717, 1.165) is 51.6 Å². The van der Waals surface area contributed by atoms with Gasteiger partial charge in [0, 0.05) is 34.6 Å². The summed E-state index contributed by atoms with van der Waals surface area (Å²) >= 11 is 1.67. The second-order valence-corrected chi connectivity index (χ2v) is 9.89. The van der Waals surface area contributed by atoms with Crippen molar-refractivity contribution in [3.8, 4) is 0 Å². The molecule has 0 saturated carbocycles. The number of anilines is 1. The number of pyridine rings is 1. The van der Waals surface area contributed by atoms with Crippen LogP contribution in [0.25, 0.3) is 21.1 Å². The first kappa shape index (κ1) is 20.1. The largest absolute Gasteiger partial charge is 0.382 e. The third-order valence-corrected chi connectivity index (χ3v) is 7.64. The van der Waals surface area contributed by atoms with Gasteiger partial charge in [-0.1, -0.05) is 36.4 Å². The fourth-order valence-electron chi connectivity index (χ4n) is 4.89. The van der Waals surface area contributed by atoms with Crippen molar-refractivity contribution in [2.45, 2.75) is 38.8 Å². The summed E-state index contributed by atoms with van der Waals surface area (Å²) < 4.78 is 1.73. The first-order chi connectivity index (χ1) is 16.2. The van der Waals surface area contributed by atoms with Crippen molar-refractivity contribution >= 4 is 38.1 Å². The molecule has 3 heterocycles. The molecule has 0 spiro atoms. The van der Waals surface area contributed by atoms with Crippen LogP contribution < -0.4 is 10.9 Å². The van der Waals surface area contributed by atoms with Gasteiger partial charge in [0.25, 0.3) is 5.56 Å². The van der Waals surface area contributed by atoms with Crippen LogP contribution in [-0.2, 0) is 19.4 Å². The molecule has 0 fully saturated rings. The highest BCUT2D eigenvalue weighted by Gasteiger charge is 2.25. The third kappa shape index (κ3) is 3.70. The lowest BCUT2D eigenvalue weighted by Crippen LogP contribution is -2.27. The lowest BCUT2D eigenvalue weighted by Gasteiger charge is -2.24. The van der Waals surface area contributed by atoms with E-state index in [-0.39, 0.29) is 5.56 Å². The van der Waals surface area contributed by atoms with Gasteiger partial charge < -0.3 is 5.32 Å². The van der Waals surface area contributed by atoms with Crippen LogP contribution >= 0.6 is 11.3 Å². The number of fused-ring (bicyclic) bond motifs is 4. The fourth-order valence-corrected chi connectivity index (χ4v) is 6.14. The average Bonchev–Trinajstić information content (AvgIpc) is 3.19. The van der Waals surface area contributed by atoms with E-state index in [1.807, 2.05) is 30.3 Å². The normalized spacial score (nSPS) is 15.6. The highest BCUT2D eigenvalue weighted by Crippen LogP contribution is 2.34. The summed E-state index contributed by atoms with van der Waals surface area (Å²) in [5, 5.41) is 5.56. The minimum absolute atomic E-state index is 0.0514. The third-order valence-electron chi connectivity index (χ3n) is 6.48. The minimum Gasteiger partial charge on any atom is -0.382 e. The van der Waals surface area contributed by atoms with E-state index in [2.05, 4.69) is 46.5 Å². The summed E-state index contributed by atoms with van der Waals surface area (Å²) in [4.78, 5) is 24.9. The second-order valence-electron chi connectivity index (χ2n) is 8.81. The maximum atomic E-state index is 13.5. The SMILES string of the molecule is Cc1cccc(NC2CCc3c(sc4ncn(Cc5cccc6cccnc56)c(=O)c34)C2)c1. The van der Waals surface area contributed by atoms with Crippen molar-refractivity contribution in [2.24, 2.45) is 0 Å². The Morgan fingerprint density at radius 2 is 2.00 bits per heavy atom. The average molecular weight is 453 g/mol. The minimum atomic E-state index is 0.0514. The number of hydrogen-bond donors (Lipinski definition) is 1. The first-order valence-corrected chi connectivity index (χ1v) is 12.1. The molecule has 5 nitrogen and oxygen atoms in total. The number of rotatable bonds is 4. The van der Waals surface area contributed by atoms with Crippen LogP contribution in [-0.4, -0.2) is 20.6 Å². The van der Waals surface area contributed by atoms with Gasteiger partial charge >= 0.3 is 0 Å². The Labute approximate surface area is 195 Å². The molecule has 0 saturated heterocycles. The molecule has 5 aromatic rings. The lowest BCUT2D eigenvalue weighted by atomic mass is 9.93. The predicted octanol–water partition coefficient (Wildman–Crippen LogP) is 5.33. The molecule has 2 aromatic carbocycles. The van der Waals surface area contributed by atoms with E-state index in [1.165, 1.54) is 16.0 Å². The van der Waals surface area contributed by atoms with Gasteiger partial charge in [-0.25, -0.2) is 4.98 Å². The summed E-state index contributed by atoms with van der Waals surface area (Å²) in [6.45, 7) is 2.58. The van der Waals surface area contributed by atoms with E-state index in [9.17, 15) is 4.79 Å². The summed E-state index contributed by atoms with van der Waals surface area (Å²) in [6, 6.07) is 19.0. The number of aryl methyl sites for hydroxylation is 2. The van der Waals surface area contributed by atoms with Crippen LogP contribution in [0.3, 0.4) is 0 Å². The molecule has 164 valence electrons. The van der Waals surface area contributed by atoms with Crippen LogP contribution in [0, 0.1) is 6.92 Å². The van der Waals surface area contributed by atoms with Gasteiger partial charge in [0.1, 0.15) is 4.83 Å². The molecule has 1 atom stereocenters. The number of nitrogens with zero attached hydrogens (tertiary/aromatic N) is 3. The zero-order valence-electron chi connectivity index (χ0n) is 18.4. The number of hydrogen-bond acceptors (Lipinski definition) is 5. The van der Waals surface area contributed by atoms with E-state index in [4.69, 9.17) is 0 Å². The van der Waals surface area contributed by atoms with Gasteiger partial charge in [-0.2, -0.15) is 0 Å². The lowest BCUT2D eigenvalue weighted by molar-refractivity contribution is 0.621. The number of aromatic nitrogens is 3. The summed E-state index contributed by atoms with van der Waals surface area (Å²) in [7, 11) is 0. The highest BCUT2D eigenvalue weighted by atomic mass is 32.1. The Morgan fingerprint density at radius 1 is 1.12 bits per heavy atom. The van der Waals surface area contributed by atoms with Crippen LogP contribution in [0.5, 0.6) is 0 Å². The summed E-state index contributed by atoms with van der Waals surface area (Å²) in [5.41, 5.74) is 5.63. The molecule has 0 amide bonds. The van der Waals surface area contributed by atoms with E-state index in [1.54, 1.807) is 28.4 Å². The van der Waals surface area contributed by atoms with Gasteiger partial charge in [0.2, 0.25) is 0 Å². The topological polar surface area (TPSA) is 59.8 Å². The van der Waals surface area contributed by atoms with Crippen LogP contribution in [0.15, 0.2) is 71.9 Å². The van der Waals surface area contributed by atoms with Gasteiger partial charge in [0.05, 0.1) is 23.8 Å². The maximum Gasteiger partial charge on any atom is 0.262 e. The summed E-state index contributed by atoms with van der Waals surface area (Å²) in [6.07, 6.45) is 6.32. The standard InChI is InChI=1S/C27H24N4OS/c1-17-5-2-9-20(13-17)30-21-10-11-22-23(14-21)33-26-24(22)27(32)31(16-29-26)15-19-7-3-6-18-8-4-12-28-25(18)19/h2-9,12-13,16,21,30H,10-11,14-15H2,1H3. The fraction of sp³-hybridized carbons (Fsp3) is 0.222. The Kier molecular flexibility index (Phi) is 4.95. The number of benzene rings is 2. The molecule has 33 heavy (non-hydrogen) atoms. The predicted molar refractivity (Wildman–Crippen MR) is 135 cm³/mol. The molecule has 0 aliphatic heterocycles. The van der Waals surface area contributed by atoms with E-state index >= 15 is 0 Å². The van der Waals surface area contributed by atoms with Gasteiger partial charge in [-0.3, -0.25) is 14.3 Å². The molecular weight excluding hydrogens is 428 g/mol. The molecule has 6 heteroatoms. The van der Waals surface area contributed by atoms with Crippen molar-refractivity contribution < 1.29 is 0 Å². The van der Waals surface area contributed by atoms with Crippen molar-refractivity contribution in [1.82, 2.24) is 14.5 Å². The molecule has 1 unspecified atom stereocenters. The number of para-hydroxylation sites is 1. The molecule has 6 rings (SSSR count). The Balaban J connectivity index is 1.32. The Morgan fingerprint density at radius 3 is 2.91 bits per heavy atom. The van der Waals surface area contributed by atoms with Crippen LogP contribution in [0.2, 0.25) is 0 Å². The molecule has 0 bridgehead atoms. The number of thiophene rings is 1.